The number of hydrogen-bond acceptors (Lipinski definition) is 4. The van der Waals surface area contributed by atoms with E-state index in [1.54, 1.807) is 18.5 Å². The van der Waals surface area contributed by atoms with Crippen molar-refractivity contribution in [1.82, 2.24) is 10.3 Å². The van der Waals surface area contributed by atoms with Gasteiger partial charge in [-0.25, -0.2) is 0 Å². The first-order valence-corrected chi connectivity index (χ1v) is 5.84. The van der Waals surface area contributed by atoms with Crippen LogP contribution in [0.1, 0.15) is 18.4 Å². The Hall–Kier alpha value is -1.69. The van der Waals surface area contributed by atoms with Crippen LogP contribution in [0.4, 0.5) is 5.69 Å². The molecule has 1 aliphatic heterocycles. The van der Waals surface area contributed by atoms with Crippen LogP contribution in [-0.2, 0) is 4.79 Å². The number of anilines is 1. The van der Waals surface area contributed by atoms with Crippen LogP contribution in [0.2, 0.25) is 0 Å². The quantitative estimate of drug-likeness (QED) is 0.674. The molecule has 0 spiro atoms. The topological polar surface area (TPSA) is 80.0 Å². The molecule has 0 bridgehead atoms. The largest absolute Gasteiger partial charge is 0.389 e. The molecule has 1 aliphatic rings. The smallest absolute Gasteiger partial charge is 0.220 e. The highest BCUT2D eigenvalue weighted by Crippen LogP contribution is 2.14. The summed E-state index contributed by atoms with van der Waals surface area (Å²) in [5, 5.41) is 6.10. The Kier molecular flexibility index (Phi) is 3.53. The third-order valence-corrected chi connectivity index (χ3v) is 2.93. The van der Waals surface area contributed by atoms with Gasteiger partial charge in [0.05, 0.1) is 11.9 Å². The number of aromatic nitrogens is 1. The molecule has 0 aliphatic carbocycles. The van der Waals surface area contributed by atoms with Crippen LogP contribution in [0.25, 0.3) is 0 Å². The number of thiocarbonyl (C=S) groups is 1. The lowest BCUT2D eigenvalue weighted by Crippen LogP contribution is -2.32. The van der Waals surface area contributed by atoms with Gasteiger partial charge in [-0.15, -0.1) is 0 Å². The summed E-state index contributed by atoms with van der Waals surface area (Å²) in [7, 11) is 0. The molecular weight excluding hydrogens is 236 g/mol. The first-order chi connectivity index (χ1) is 8.16. The third kappa shape index (κ3) is 2.91. The summed E-state index contributed by atoms with van der Waals surface area (Å²) >= 11 is 4.96. The van der Waals surface area contributed by atoms with E-state index in [0.717, 1.165) is 17.7 Å². The number of rotatable bonds is 4. The highest BCUT2D eigenvalue weighted by Gasteiger charge is 2.20. The maximum atomic E-state index is 11.0. The molecule has 17 heavy (non-hydrogen) atoms. The predicted molar refractivity (Wildman–Crippen MR) is 69.8 cm³/mol. The number of nitrogens with zero attached hydrogens (tertiary/aromatic N) is 1. The van der Waals surface area contributed by atoms with Gasteiger partial charge in [-0.2, -0.15) is 0 Å². The molecular formula is C11H14N4OS. The Balaban J connectivity index is 1.99. The zero-order valence-electron chi connectivity index (χ0n) is 9.27. The van der Waals surface area contributed by atoms with Crippen molar-refractivity contribution in [2.24, 2.45) is 5.73 Å². The van der Waals surface area contributed by atoms with Crippen LogP contribution in [0, 0.1) is 0 Å². The normalized spacial score (nSPS) is 18.8. The average molecular weight is 250 g/mol. The van der Waals surface area contributed by atoms with Crippen LogP contribution in [0.5, 0.6) is 0 Å². The summed E-state index contributed by atoms with van der Waals surface area (Å²) < 4.78 is 0. The van der Waals surface area contributed by atoms with Gasteiger partial charge >= 0.3 is 0 Å². The van der Waals surface area contributed by atoms with E-state index in [2.05, 4.69) is 15.6 Å². The monoisotopic (exact) mass is 250 g/mol. The van der Waals surface area contributed by atoms with Crippen molar-refractivity contribution in [3.63, 3.8) is 0 Å². The molecule has 0 aromatic carbocycles. The Morgan fingerprint density at radius 1 is 1.71 bits per heavy atom. The second kappa shape index (κ2) is 5.09. The summed E-state index contributed by atoms with van der Waals surface area (Å²) in [6.07, 6.45) is 4.79. The average Bonchev–Trinajstić information content (AvgIpc) is 2.73. The minimum Gasteiger partial charge on any atom is -0.389 e. The van der Waals surface area contributed by atoms with Crippen molar-refractivity contribution >= 4 is 28.8 Å². The Labute approximate surface area is 105 Å². The molecule has 2 heterocycles. The Morgan fingerprint density at radius 3 is 3.18 bits per heavy atom. The van der Waals surface area contributed by atoms with Gasteiger partial charge in [-0.3, -0.25) is 9.78 Å². The first kappa shape index (κ1) is 11.8. The lowest BCUT2D eigenvalue weighted by Gasteiger charge is -2.14. The molecule has 1 amide bonds. The molecule has 1 atom stereocenters. The van der Waals surface area contributed by atoms with E-state index in [4.69, 9.17) is 18.0 Å². The molecule has 5 nitrogen and oxygen atoms in total. The molecule has 1 aromatic heterocycles. The van der Waals surface area contributed by atoms with E-state index in [9.17, 15) is 4.79 Å². The third-order valence-electron chi connectivity index (χ3n) is 2.71. The van der Waals surface area contributed by atoms with Crippen molar-refractivity contribution in [1.29, 1.82) is 0 Å². The molecule has 0 saturated carbocycles. The highest BCUT2D eigenvalue weighted by atomic mass is 32.1. The lowest BCUT2D eigenvalue weighted by molar-refractivity contribution is -0.119. The number of hydrogen-bond donors (Lipinski definition) is 3. The van der Waals surface area contributed by atoms with Crippen molar-refractivity contribution in [2.45, 2.75) is 18.9 Å². The van der Waals surface area contributed by atoms with E-state index >= 15 is 0 Å². The molecule has 90 valence electrons. The summed E-state index contributed by atoms with van der Waals surface area (Å²) in [6, 6.07) is 1.94. The Morgan fingerprint density at radius 2 is 2.53 bits per heavy atom. The minimum atomic E-state index is 0.109. The fourth-order valence-corrected chi connectivity index (χ4v) is 1.99. The number of nitrogens with one attached hydrogen (secondary N) is 2. The van der Waals surface area contributed by atoms with Crippen LogP contribution < -0.4 is 16.4 Å². The maximum absolute atomic E-state index is 11.0. The fourth-order valence-electron chi connectivity index (χ4n) is 1.81. The zero-order chi connectivity index (χ0) is 12.3. The number of amides is 1. The standard InChI is InChI=1S/C11H14N4OS/c12-11(17)8-3-4-13-6-9(8)14-5-7-1-2-10(16)15-7/h3-4,6-7,14H,1-2,5H2,(H2,12,17)(H,15,16). The number of pyridine rings is 1. The molecule has 1 fully saturated rings. The van der Waals surface area contributed by atoms with Gasteiger partial charge in [0.15, 0.2) is 0 Å². The highest BCUT2D eigenvalue weighted by molar-refractivity contribution is 7.80. The van der Waals surface area contributed by atoms with E-state index in [1.807, 2.05) is 0 Å². The van der Waals surface area contributed by atoms with Crippen molar-refractivity contribution in [3.8, 4) is 0 Å². The number of carbonyl (C=O) groups is 1. The van der Waals surface area contributed by atoms with Crippen LogP contribution >= 0.6 is 12.2 Å². The molecule has 0 radical (unpaired) electrons. The van der Waals surface area contributed by atoms with Gasteiger partial charge in [0.2, 0.25) is 5.91 Å². The van der Waals surface area contributed by atoms with Gasteiger partial charge in [-0.1, -0.05) is 12.2 Å². The first-order valence-electron chi connectivity index (χ1n) is 5.44. The van der Waals surface area contributed by atoms with E-state index in [1.165, 1.54) is 0 Å². The minimum absolute atomic E-state index is 0.109. The molecule has 4 N–H and O–H groups in total. The molecule has 6 heteroatoms. The fraction of sp³-hybridized carbons (Fsp3) is 0.364. The van der Waals surface area contributed by atoms with Gasteiger partial charge in [-0.05, 0) is 12.5 Å². The van der Waals surface area contributed by atoms with Gasteiger partial charge < -0.3 is 16.4 Å². The summed E-state index contributed by atoms with van der Waals surface area (Å²) in [6.45, 7) is 0.660. The van der Waals surface area contributed by atoms with Crippen LogP contribution in [0.3, 0.4) is 0 Å². The molecule has 1 aromatic rings. The number of carbonyl (C=O) groups excluding carboxylic acids is 1. The molecule has 2 rings (SSSR count). The van der Waals surface area contributed by atoms with Gasteiger partial charge in [0, 0.05) is 30.8 Å². The van der Waals surface area contributed by atoms with Crippen LogP contribution in [0.15, 0.2) is 18.5 Å². The van der Waals surface area contributed by atoms with Crippen molar-refractivity contribution < 1.29 is 4.79 Å². The van der Waals surface area contributed by atoms with Crippen molar-refractivity contribution in [3.05, 3.63) is 24.0 Å². The second-order valence-electron chi connectivity index (χ2n) is 3.97. The Bertz CT molecular complexity index is 449. The summed E-state index contributed by atoms with van der Waals surface area (Å²) in [4.78, 5) is 15.4. The van der Waals surface area contributed by atoms with Crippen LogP contribution in [-0.4, -0.2) is 28.5 Å². The zero-order valence-corrected chi connectivity index (χ0v) is 10.1. The van der Waals surface area contributed by atoms with Gasteiger partial charge in [0.25, 0.3) is 0 Å². The maximum Gasteiger partial charge on any atom is 0.220 e. The van der Waals surface area contributed by atoms with Crippen molar-refractivity contribution in [2.75, 3.05) is 11.9 Å². The SMILES string of the molecule is NC(=S)c1ccncc1NCC1CCC(=O)N1. The molecule has 1 unspecified atom stereocenters. The van der Waals surface area contributed by atoms with E-state index in [-0.39, 0.29) is 11.9 Å². The lowest BCUT2D eigenvalue weighted by atomic mass is 10.2. The van der Waals surface area contributed by atoms with Gasteiger partial charge in [0.1, 0.15) is 4.99 Å². The number of nitrogens with two attached hydrogens (primary N) is 1. The van der Waals surface area contributed by atoms with E-state index in [0.29, 0.717) is 18.0 Å². The summed E-state index contributed by atoms with van der Waals surface area (Å²) in [5.74, 6) is 0.109. The molecule has 1 saturated heterocycles. The van der Waals surface area contributed by atoms with E-state index < -0.39 is 0 Å². The summed E-state index contributed by atoms with van der Waals surface area (Å²) in [5.41, 5.74) is 7.20. The second-order valence-corrected chi connectivity index (χ2v) is 4.41. The predicted octanol–water partition coefficient (Wildman–Crippen LogP) is 0.406.